The van der Waals surface area contributed by atoms with Gasteiger partial charge < -0.3 is 10.6 Å². The van der Waals surface area contributed by atoms with Gasteiger partial charge in [-0.25, -0.2) is 0 Å². The number of halogens is 1. The molecule has 0 saturated carbocycles. The van der Waals surface area contributed by atoms with Crippen molar-refractivity contribution in [1.29, 1.82) is 0 Å². The van der Waals surface area contributed by atoms with Gasteiger partial charge in [-0.3, -0.25) is 4.79 Å². The Labute approximate surface area is 124 Å². The quantitative estimate of drug-likeness (QED) is 0.874. The maximum Gasteiger partial charge on any atom is 0.254 e. The fourth-order valence-electron chi connectivity index (χ4n) is 1.99. The van der Waals surface area contributed by atoms with Gasteiger partial charge in [0.25, 0.3) is 5.91 Å². The zero-order chi connectivity index (χ0) is 14.5. The highest BCUT2D eigenvalue weighted by Gasteiger charge is 2.15. The molecule has 0 saturated heterocycles. The van der Waals surface area contributed by atoms with Crippen LogP contribution in [-0.2, 0) is 6.54 Å². The summed E-state index contributed by atoms with van der Waals surface area (Å²) in [4.78, 5) is 14.2. The van der Waals surface area contributed by atoms with Crippen LogP contribution >= 0.6 is 11.6 Å². The average molecular weight is 289 g/mol. The first kappa shape index (κ1) is 14.4. The number of hydrogen-bond donors (Lipinski definition) is 1. The van der Waals surface area contributed by atoms with E-state index in [4.69, 9.17) is 17.3 Å². The Kier molecular flexibility index (Phi) is 4.64. The van der Waals surface area contributed by atoms with Crippen molar-refractivity contribution in [2.75, 3.05) is 12.3 Å². The number of rotatable bonds is 4. The summed E-state index contributed by atoms with van der Waals surface area (Å²) in [6.45, 7) is 3.18. The predicted molar refractivity (Wildman–Crippen MR) is 82.7 cm³/mol. The van der Waals surface area contributed by atoms with Crippen LogP contribution in [0.4, 0.5) is 5.69 Å². The first-order valence-electron chi connectivity index (χ1n) is 6.50. The Hall–Kier alpha value is -2.00. The molecule has 0 atom stereocenters. The summed E-state index contributed by atoms with van der Waals surface area (Å²) < 4.78 is 0. The van der Waals surface area contributed by atoms with Gasteiger partial charge in [0.2, 0.25) is 0 Å². The van der Waals surface area contributed by atoms with E-state index in [0.29, 0.717) is 29.4 Å². The SMILES string of the molecule is CCN(Cc1ccccc1)C(=O)c1ccc(Cl)c(N)c1. The van der Waals surface area contributed by atoms with Crippen LogP contribution in [0.15, 0.2) is 48.5 Å². The van der Waals surface area contributed by atoms with Crippen LogP contribution in [0.25, 0.3) is 0 Å². The first-order valence-corrected chi connectivity index (χ1v) is 6.88. The average Bonchev–Trinajstić information content (AvgIpc) is 2.48. The third-order valence-electron chi connectivity index (χ3n) is 3.13. The fraction of sp³-hybridized carbons (Fsp3) is 0.188. The van der Waals surface area contributed by atoms with Crippen LogP contribution in [0.1, 0.15) is 22.8 Å². The molecule has 2 rings (SSSR count). The molecule has 0 aliphatic rings. The molecule has 20 heavy (non-hydrogen) atoms. The van der Waals surface area contributed by atoms with Crippen LogP contribution < -0.4 is 5.73 Å². The van der Waals surface area contributed by atoms with Gasteiger partial charge in [0.1, 0.15) is 0 Å². The highest BCUT2D eigenvalue weighted by Crippen LogP contribution is 2.20. The molecular weight excluding hydrogens is 272 g/mol. The molecule has 2 aromatic rings. The molecule has 0 aliphatic carbocycles. The molecule has 0 bridgehead atoms. The van der Waals surface area contributed by atoms with Crippen molar-refractivity contribution >= 4 is 23.2 Å². The van der Waals surface area contributed by atoms with Gasteiger partial charge in [0.15, 0.2) is 0 Å². The van der Waals surface area contributed by atoms with Crippen LogP contribution in [0, 0.1) is 0 Å². The smallest absolute Gasteiger partial charge is 0.254 e. The fourth-order valence-corrected chi connectivity index (χ4v) is 2.11. The van der Waals surface area contributed by atoms with E-state index in [1.807, 2.05) is 37.3 Å². The summed E-state index contributed by atoms with van der Waals surface area (Å²) in [7, 11) is 0. The van der Waals surface area contributed by atoms with E-state index in [0.717, 1.165) is 5.56 Å². The molecule has 2 aromatic carbocycles. The number of nitrogens with two attached hydrogens (primary N) is 1. The molecule has 0 fully saturated rings. The van der Waals surface area contributed by atoms with Crippen LogP contribution in [-0.4, -0.2) is 17.4 Å². The molecule has 0 heterocycles. The van der Waals surface area contributed by atoms with Gasteiger partial charge in [0, 0.05) is 18.7 Å². The summed E-state index contributed by atoms with van der Waals surface area (Å²) >= 11 is 5.88. The third kappa shape index (κ3) is 3.31. The lowest BCUT2D eigenvalue weighted by Crippen LogP contribution is -2.30. The maximum absolute atomic E-state index is 12.5. The molecule has 104 valence electrons. The number of hydrogen-bond acceptors (Lipinski definition) is 2. The number of nitrogens with zero attached hydrogens (tertiary/aromatic N) is 1. The van der Waals surface area contributed by atoms with E-state index in [1.165, 1.54) is 0 Å². The van der Waals surface area contributed by atoms with E-state index in [2.05, 4.69) is 0 Å². The molecule has 0 spiro atoms. The van der Waals surface area contributed by atoms with Gasteiger partial charge in [-0.05, 0) is 30.7 Å². The molecule has 4 heteroatoms. The van der Waals surface area contributed by atoms with Crippen molar-refractivity contribution in [2.45, 2.75) is 13.5 Å². The predicted octanol–water partition coefficient (Wildman–Crippen LogP) is 3.58. The van der Waals surface area contributed by atoms with Crippen molar-refractivity contribution < 1.29 is 4.79 Å². The normalized spacial score (nSPS) is 10.3. The minimum atomic E-state index is -0.0419. The van der Waals surface area contributed by atoms with Gasteiger partial charge in [-0.2, -0.15) is 0 Å². The summed E-state index contributed by atoms with van der Waals surface area (Å²) in [5, 5.41) is 0.465. The minimum Gasteiger partial charge on any atom is -0.398 e. The van der Waals surface area contributed by atoms with Crippen molar-refractivity contribution in [2.24, 2.45) is 0 Å². The van der Waals surface area contributed by atoms with E-state index in [-0.39, 0.29) is 5.91 Å². The Morgan fingerprint density at radius 2 is 1.90 bits per heavy atom. The zero-order valence-corrected chi connectivity index (χ0v) is 12.1. The summed E-state index contributed by atoms with van der Waals surface area (Å²) in [5.74, 6) is -0.0419. The maximum atomic E-state index is 12.5. The summed E-state index contributed by atoms with van der Waals surface area (Å²) in [6, 6.07) is 14.9. The molecule has 3 nitrogen and oxygen atoms in total. The topological polar surface area (TPSA) is 46.3 Å². The van der Waals surface area contributed by atoms with E-state index in [9.17, 15) is 4.79 Å². The molecule has 0 unspecified atom stereocenters. The Morgan fingerprint density at radius 1 is 1.20 bits per heavy atom. The lowest BCUT2D eigenvalue weighted by atomic mass is 10.1. The molecule has 0 radical (unpaired) electrons. The number of nitrogen functional groups attached to an aromatic ring is 1. The molecule has 2 N–H and O–H groups in total. The lowest BCUT2D eigenvalue weighted by molar-refractivity contribution is 0.0752. The van der Waals surface area contributed by atoms with Gasteiger partial charge in [-0.1, -0.05) is 41.9 Å². The molecule has 0 aliphatic heterocycles. The zero-order valence-electron chi connectivity index (χ0n) is 11.3. The second-order valence-corrected chi connectivity index (χ2v) is 4.95. The number of benzene rings is 2. The van der Waals surface area contributed by atoms with E-state index < -0.39 is 0 Å². The van der Waals surface area contributed by atoms with Crippen molar-refractivity contribution in [3.8, 4) is 0 Å². The number of anilines is 1. The van der Waals surface area contributed by atoms with Gasteiger partial charge >= 0.3 is 0 Å². The molecule has 0 aromatic heterocycles. The Morgan fingerprint density at radius 3 is 2.50 bits per heavy atom. The lowest BCUT2D eigenvalue weighted by Gasteiger charge is -2.21. The molecule has 1 amide bonds. The minimum absolute atomic E-state index is 0.0419. The van der Waals surface area contributed by atoms with Crippen LogP contribution in [0.3, 0.4) is 0 Å². The number of carbonyl (C=O) groups excluding carboxylic acids is 1. The summed E-state index contributed by atoms with van der Waals surface area (Å²) in [5.41, 5.74) is 7.84. The van der Waals surface area contributed by atoms with Gasteiger partial charge in [0.05, 0.1) is 10.7 Å². The standard InChI is InChI=1S/C16H17ClN2O/c1-2-19(11-12-6-4-3-5-7-12)16(20)13-8-9-14(17)15(18)10-13/h3-10H,2,11,18H2,1H3. The van der Waals surface area contributed by atoms with E-state index >= 15 is 0 Å². The first-order chi connectivity index (χ1) is 9.61. The third-order valence-corrected chi connectivity index (χ3v) is 3.47. The van der Waals surface area contributed by atoms with Crippen LogP contribution in [0.5, 0.6) is 0 Å². The van der Waals surface area contributed by atoms with Crippen LogP contribution in [0.2, 0.25) is 5.02 Å². The Bertz CT molecular complexity index is 599. The second kappa shape index (κ2) is 6.44. The summed E-state index contributed by atoms with van der Waals surface area (Å²) in [6.07, 6.45) is 0. The highest BCUT2D eigenvalue weighted by molar-refractivity contribution is 6.33. The second-order valence-electron chi connectivity index (χ2n) is 4.54. The van der Waals surface area contributed by atoms with Gasteiger partial charge in [-0.15, -0.1) is 0 Å². The monoisotopic (exact) mass is 288 g/mol. The highest BCUT2D eigenvalue weighted by atomic mass is 35.5. The van der Waals surface area contributed by atoms with Crippen molar-refractivity contribution in [3.05, 3.63) is 64.7 Å². The molecular formula is C16H17ClN2O. The van der Waals surface area contributed by atoms with Crippen molar-refractivity contribution in [3.63, 3.8) is 0 Å². The van der Waals surface area contributed by atoms with E-state index in [1.54, 1.807) is 23.1 Å². The Balaban J connectivity index is 2.18. The number of amides is 1. The largest absolute Gasteiger partial charge is 0.398 e. The number of carbonyl (C=O) groups is 1. The van der Waals surface area contributed by atoms with Crippen molar-refractivity contribution in [1.82, 2.24) is 4.90 Å².